The molecule has 23 heavy (non-hydrogen) atoms. The molecular formula is C19H17BrN2O. The Balaban J connectivity index is 2.01. The molecule has 1 heterocycles. The van der Waals surface area contributed by atoms with Crippen molar-refractivity contribution < 1.29 is 4.79 Å². The van der Waals surface area contributed by atoms with Crippen molar-refractivity contribution in [3.05, 3.63) is 70.5 Å². The van der Waals surface area contributed by atoms with E-state index in [9.17, 15) is 4.79 Å². The molecule has 0 saturated heterocycles. The Bertz CT molecular complexity index is 874. The lowest BCUT2D eigenvalue weighted by Gasteiger charge is -2.10. The number of hydrogen-bond donors (Lipinski definition) is 1. The Morgan fingerprint density at radius 2 is 1.96 bits per heavy atom. The summed E-state index contributed by atoms with van der Waals surface area (Å²) >= 11 is 3.41. The second-order valence-corrected chi connectivity index (χ2v) is 6.67. The van der Waals surface area contributed by atoms with Gasteiger partial charge in [0.05, 0.1) is 0 Å². The zero-order valence-electron chi connectivity index (χ0n) is 13.0. The summed E-state index contributed by atoms with van der Waals surface area (Å²) in [4.78, 5) is 16.9. The summed E-state index contributed by atoms with van der Waals surface area (Å²) in [7, 11) is 0. The van der Waals surface area contributed by atoms with Crippen LogP contribution in [0.3, 0.4) is 0 Å². The quantitative estimate of drug-likeness (QED) is 0.674. The van der Waals surface area contributed by atoms with E-state index in [2.05, 4.69) is 52.2 Å². The van der Waals surface area contributed by atoms with Crippen LogP contribution in [0, 0.1) is 0 Å². The van der Waals surface area contributed by atoms with Gasteiger partial charge in [-0.05, 0) is 47.2 Å². The maximum atomic E-state index is 12.6. The molecule has 0 aliphatic carbocycles. The van der Waals surface area contributed by atoms with E-state index in [0.717, 1.165) is 20.9 Å². The summed E-state index contributed by atoms with van der Waals surface area (Å²) in [5.74, 6) is 0.204. The molecule has 3 rings (SSSR count). The van der Waals surface area contributed by atoms with Crippen LogP contribution in [0.4, 0.5) is 5.69 Å². The van der Waals surface area contributed by atoms with Gasteiger partial charge in [-0.1, -0.05) is 48.0 Å². The van der Waals surface area contributed by atoms with Crippen molar-refractivity contribution in [2.24, 2.45) is 0 Å². The van der Waals surface area contributed by atoms with Gasteiger partial charge in [-0.2, -0.15) is 0 Å². The van der Waals surface area contributed by atoms with Crippen molar-refractivity contribution in [1.82, 2.24) is 4.98 Å². The van der Waals surface area contributed by atoms with Crippen molar-refractivity contribution in [2.75, 3.05) is 5.32 Å². The summed E-state index contributed by atoms with van der Waals surface area (Å²) in [5.41, 5.74) is 2.38. The fraction of sp³-hybridized carbons (Fsp3) is 0.158. The molecule has 0 unspecified atom stereocenters. The summed E-state index contributed by atoms with van der Waals surface area (Å²) in [6.45, 7) is 4.28. The number of carbonyl (C=O) groups excluding carboxylic acids is 1. The van der Waals surface area contributed by atoms with E-state index in [1.54, 1.807) is 6.20 Å². The van der Waals surface area contributed by atoms with E-state index in [1.807, 2.05) is 36.4 Å². The predicted octanol–water partition coefficient (Wildman–Crippen LogP) is 5.37. The first-order valence-electron chi connectivity index (χ1n) is 7.50. The maximum absolute atomic E-state index is 12.6. The zero-order valence-corrected chi connectivity index (χ0v) is 14.6. The number of pyridine rings is 1. The minimum absolute atomic E-state index is 0.199. The normalized spacial score (nSPS) is 11.0. The van der Waals surface area contributed by atoms with Crippen LogP contribution in [0.25, 0.3) is 10.8 Å². The van der Waals surface area contributed by atoms with Gasteiger partial charge in [-0.25, -0.2) is 0 Å². The molecule has 2 aromatic carbocycles. The van der Waals surface area contributed by atoms with Gasteiger partial charge >= 0.3 is 0 Å². The van der Waals surface area contributed by atoms with E-state index in [1.165, 1.54) is 5.56 Å². The molecule has 1 aromatic heterocycles. The number of rotatable bonds is 3. The molecule has 4 heteroatoms. The first-order chi connectivity index (χ1) is 11.0. The van der Waals surface area contributed by atoms with Crippen LogP contribution in [-0.2, 0) is 0 Å². The highest BCUT2D eigenvalue weighted by Gasteiger charge is 2.13. The molecule has 3 aromatic rings. The second kappa shape index (κ2) is 6.50. The largest absolute Gasteiger partial charge is 0.321 e. The molecule has 1 amide bonds. The number of nitrogens with zero attached hydrogens (tertiary/aromatic N) is 1. The second-order valence-electron chi connectivity index (χ2n) is 5.76. The molecule has 116 valence electrons. The van der Waals surface area contributed by atoms with Crippen LogP contribution in [-0.4, -0.2) is 10.9 Å². The molecule has 0 aliphatic heterocycles. The molecule has 0 atom stereocenters. The van der Waals surface area contributed by atoms with E-state index in [4.69, 9.17) is 0 Å². The molecule has 0 spiro atoms. The Morgan fingerprint density at radius 1 is 1.13 bits per heavy atom. The van der Waals surface area contributed by atoms with Gasteiger partial charge in [0.15, 0.2) is 0 Å². The van der Waals surface area contributed by atoms with Crippen LogP contribution in [0.1, 0.15) is 35.8 Å². The monoisotopic (exact) mass is 368 g/mol. The number of aromatic nitrogens is 1. The lowest BCUT2D eigenvalue weighted by atomic mass is 9.98. The van der Waals surface area contributed by atoms with Gasteiger partial charge in [0.25, 0.3) is 5.91 Å². The van der Waals surface area contributed by atoms with Crippen LogP contribution in [0.5, 0.6) is 0 Å². The molecule has 3 nitrogen and oxygen atoms in total. The van der Waals surface area contributed by atoms with Crippen molar-refractivity contribution in [2.45, 2.75) is 19.8 Å². The lowest BCUT2D eigenvalue weighted by Crippen LogP contribution is -2.14. The Hall–Kier alpha value is -2.20. The summed E-state index contributed by atoms with van der Waals surface area (Å²) in [5, 5.41) is 4.81. The number of carbonyl (C=O) groups is 1. The molecule has 0 bridgehead atoms. The number of nitrogens with one attached hydrogen (secondary N) is 1. The minimum Gasteiger partial charge on any atom is -0.321 e. The van der Waals surface area contributed by atoms with Crippen LogP contribution < -0.4 is 5.32 Å². The maximum Gasteiger partial charge on any atom is 0.274 e. The third-order valence-corrected chi connectivity index (χ3v) is 4.25. The number of anilines is 1. The van der Waals surface area contributed by atoms with Gasteiger partial charge in [-0.3, -0.25) is 9.78 Å². The average molecular weight is 369 g/mol. The van der Waals surface area contributed by atoms with E-state index in [-0.39, 0.29) is 5.91 Å². The molecular weight excluding hydrogens is 352 g/mol. The molecule has 0 saturated carbocycles. The first kappa shape index (κ1) is 15.7. The van der Waals surface area contributed by atoms with E-state index >= 15 is 0 Å². The molecule has 0 aliphatic rings. The topological polar surface area (TPSA) is 42.0 Å². The highest BCUT2D eigenvalue weighted by Crippen LogP contribution is 2.24. The van der Waals surface area contributed by atoms with Crippen LogP contribution in [0.2, 0.25) is 0 Å². The fourth-order valence-electron chi connectivity index (χ4n) is 2.48. The molecule has 0 fully saturated rings. The third-order valence-electron chi connectivity index (χ3n) is 3.75. The number of amides is 1. The standard InChI is InChI=1S/C19H17BrN2O/c1-12(2)14-7-6-13-8-9-21-18(17(13)10-14)19(23)22-16-5-3-4-15(20)11-16/h3-12H,1-2H3,(H,22,23). The van der Waals surface area contributed by atoms with Crippen LogP contribution >= 0.6 is 15.9 Å². The highest BCUT2D eigenvalue weighted by molar-refractivity contribution is 9.10. The highest BCUT2D eigenvalue weighted by atomic mass is 79.9. The Morgan fingerprint density at radius 3 is 2.70 bits per heavy atom. The van der Waals surface area contributed by atoms with E-state index in [0.29, 0.717) is 11.6 Å². The van der Waals surface area contributed by atoms with Gasteiger partial charge in [-0.15, -0.1) is 0 Å². The number of hydrogen-bond acceptors (Lipinski definition) is 2. The Labute approximate surface area is 143 Å². The number of halogens is 1. The van der Waals surface area contributed by atoms with Gasteiger partial charge in [0, 0.05) is 21.7 Å². The summed E-state index contributed by atoms with van der Waals surface area (Å²) in [6, 6.07) is 15.6. The summed E-state index contributed by atoms with van der Waals surface area (Å²) < 4.78 is 0.920. The van der Waals surface area contributed by atoms with E-state index < -0.39 is 0 Å². The van der Waals surface area contributed by atoms with Crippen LogP contribution in [0.15, 0.2) is 59.2 Å². The summed E-state index contributed by atoms with van der Waals surface area (Å²) in [6.07, 6.45) is 1.67. The van der Waals surface area contributed by atoms with Crippen molar-refractivity contribution in [1.29, 1.82) is 0 Å². The number of fused-ring (bicyclic) bond motifs is 1. The van der Waals surface area contributed by atoms with Gasteiger partial charge in [0.1, 0.15) is 5.69 Å². The SMILES string of the molecule is CC(C)c1ccc2ccnc(C(=O)Nc3cccc(Br)c3)c2c1. The van der Waals surface area contributed by atoms with Crippen molar-refractivity contribution >= 4 is 38.3 Å². The predicted molar refractivity (Wildman–Crippen MR) is 97.9 cm³/mol. The van der Waals surface area contributed by atoms with Gasteiger partial charge < -0.3 is 5.32 Å². The number of benzene rings is 2. The van der Waals surface area contributed by atoms with Gasteiger partial charge in [0.2, 0.25) is 0 Å². The minimum atomic E-state index is -0.199. The third kappa shape index (κ3) is 3.42. The zero-order chi connectivity index (χ0) is 16.4. The molecule has 1 N–H and O–H groups in total. The first-order valence-corrected chi connectivity index (χ1v) is 8.29. The Kier molecular flexibility index (Phi) is 4.44. The lowest BCUT2D eigenvalue weighted by molar-refractivity contribution is 0.102. The molecule has 0 radical (unpaired) electrons. The smallest absolute Gasteiger partial charge is 0.274 e. The fourth-order valence-corrected chi connectivity index (χ4v) is 2.88. The van der Waals surface area contributed by atoms with Crippen molar-refractivity contribution in [3.8, 4) is 0 Å². The van der Waals surface area contributed by atoms with Crippen molar-refractivity contribution in [3.63, 3.8) is 0 Å². The average Bonchev–Trinajstić information content (AvgIpc) is 2.53.